The van der Waals surface area contributed by atoms with E-state index in [0.717, 1.165) is 18.6 Å². The van der Waals surface area contributed by atoms with Gasteiger partial charge in [0.25, 0.3) is 0 Å². The zero-order valence-electron chi connectivity index (χ0n) is 11.1. The highest BCUT2D eigenvalue weighted by molar-refractivity contribution is 7.98. The van der Waals surface area contributed by atoms with Gasteiger partial charge >= 0.3 is 0 Å². The molecule has 4 N–H and O–H groups in total. The van der Waals surface area contributed by atoms with Crippen LogP contribution < -0.4 is 11.1 Å². The highest BCUT2D eigenvalue weighted by atomic mass is 32.2. The van der Waals surface area contributed by atoms with Crippen LogP contribution in [-0.2, 0) is 4.79 Å². The van der Waals surface area contributed by atoms with Crippen LogP contribution in [-0.4, -0.2) is 41.7 Å². The molecular weight excluding hydrogens is 236 g/mol. The monoisotopic (exact) mass is 262 g/mol. The van der Waals surface area contributed by atoms with E-state index in [9.17, 15) is 9.90 Å². The minimum Gasteiger partial charge on any atom is -0.391 e. The smallest absolute Gasteiger partial charge is 0.237 e. The molecule has 0 saturated heterocycles. The topological polar surface area (TPSA) is 75.3 Å². The number of carbonyl (C=O) groups is 1. The molecule has 1 unspecified atom stereocenters. The fourth-order valence-corrected chi connectivity index (χ4v) is 2.20. The maximum absolute atomic E-state index is 11.6. The first kappa shape index (κ1) is 16.7. The maximum Gasteiger partial charge on any atom is 0.237 e. The molecule has 0 bridgehead atoms. The Labute approximate surface area is 109 Å². The largest absolute Gasteiger partial charge is 0.391 e. The number of hydrogen-bond donors (Lipinski definition) is 3. The van der Waals surface area contributed by atoms with Gasteiger partial charge in [-0.3, -0.25) is 4.79 Å². The molecule has 0 aromatic carbocycles. The van der Waals surface area contributed by atoms with E-state index >= 15 is 0 Å². The van der Waals surface area contributed by atoms with Crippen molar-refractivity contribution in [1.82, 2.24) is 5.32 Å². The molecule has 0 saturated carbocycles. The van der Waals surface area contributed by atoms with Crippen LogP contribution in [0.5, 0.6) is 0 Å². The Morgan fingerprint density at radius 3 is 2.47 bits per heavy atom. The molecule has 0 aliphatic heterocycles. The minimum absolute atomic E-state index is 0.163. The summed E-state index contributed by atoms with van der Waals surface area (Å²) < 4.78 is 0. The van der Waals surface area contributed by atoms with Crippen LogP contribution in [0.2, 0.25) is 0 Å². The van der Waals surface area contributed by atoms with Gasteiger partial charge in [-0.15, -0.1) is 0 Å². The molecule has 0 aliphatic carbocycles. The van der Waals surface area contributed by atoms with Crippen LogP contribution in [0, 0.1) is 5.92 Å². The lowest BCUT2D eigenvalue weighted by molar-refractivity contribution is -0.123. The van der Waals surface area contributed by atoms with Crippen molar-refractivity contribution in [2.75, 3.05) is 18.6 Å². The van der Waals surface area contributed by atoms with Gasteiger partial charge in [0.15, 0.2) is 0 Å². The van der Waals surface area contributed by atoms with Crippen molar-refractivity contribution in [3.05, 3.63) is 0 Å². The number of hydrogen-bond acceptors (Lipinski definition) is 4. The van der Waals surface area contributed by atoms with Crippen LogP contribution in [0.1, 0.15) is 33.1 Å². The van der Waals surface area contributed by atoms with E-state index in [4.69, 9.17) is 5.73 Å². The molecule has 1 amide bonds. The number of carbonyl (C=O) groups excluding carboxylic acids is 1. The number of aliphatic hydroxyl groups is 1. The van der Waals surface area contributed by atoms with Crippen molar-refractivity contribution >= 4 is 17.7 Å². The van der Waals surface area contributed by atoms with E-state index in [2.05, 4.69) is 5.32 Å². The Hall–Kier alpha value is -0.260. The number of amides is 1. The van der Waals surface area contributed by atoms with E-state index in [1.807, 2.05) is 20.1 Å². The van der Waals surface area contributed by atoms with Crippen molar-refractivity contribution in [3.8, 4) is 0 Å². The lowest BCUT2D eigenvalue weighted by atomic mass is 9.96. The van der Waals surface area contributed by atoms with Gasteiger partial charge in [0.05, 0.1) is 12.1 Å². The SMILES string of the molecule is CCC(CC)C(O)CNC(=O)[C@@H](N)CCSC. The fraction of sp³-hybridized carbons (Fsp3) is 0.917. The van der Waals surface area contributed by atoms with Crippen LogP contribution in [0.4, 0.5) is 0 Å². The van der Waals surface area contributed by atoms with Crippen LogP contribution in [0.3, 0.4) is 0 Å². The molecule has 17 heavy (non-hydrogen) atoms. The molecule has 4 nitrogen and oxygen atoms in total. The zero-order valence-corrected chi connectivity index (χ0v) is 11.9. The molecule has 0 aromatic rings. The number of rotatable bonds is 9. The summed E-state index contributed by atoms with van der Waals surface area (Å²) in [7, 11) is 0. The van der Waals surface area contributed by atoms with Crippen molar-refractivity contribution < 1.29 is 9.90 Å². The third-order valence-corrected chi connectivity index (χ3v) is 3.69. The standard InChI is InChI=1S/C12H26N2O2S/c1-4-9(5-2)11(15)8-14-12(16)10(13)6-7-17-3/h9-11,15H,4-8,13H2,1-3H3,(H,14,16)/t10-,11?/m0/s1. The molecule has 5 heteroatoms. The van der Waals surface area contributed by atoms with E-state index in [0.29, 0.717) is 13.0 Å². The average Bonchev–Trinajstić information content (AvgIpc) is 2.34. The van der Waals surface area contributed by atoms with Crippen molar-refractivity contribution in [2.24, 2.45) is 11.7 Å². The molecule has 0 rings (SSSR count). The Kier molecular flexibility index (Phi) is 9.59. The predicted octanol–water partition coefficient (Wildman–Crippen LogP) is 0.980. The highest BCUT2D eigenvalue weighted by Gasteiger charge is 2.18. The van der Waals surface area contributed by atoms with Crippen molar-refractivity contribution in [1.29, 1.82) is 0 Å². The van der Waals surface area contributed by atoms with Crippen LogP contribution >= 0.6 is 11.8 Å². The molecular formula is C12H26N2O2S. The third kappa shape index (κ3) is 6.91. The zero-order chi connectivity index (χ0) is 13.3. The number of nitrogens with one attached hydrogen (secondary N) is 1. The average molecular weight is 262 g/mol. The first-order valence-electron chi connectivity index (χ1n) is 6.27. The van der Waals surface area contributed by atoms with Crippen LogP contribution in [0.25, 0.3) is 0 Å². The summed E-state index contributed by atoms with van der Waals surface area (Å²) in [4.78, 5) is 11.6. The van der Waals surface area contributed by atoms with Crippen molar-refractivity contribution in [2.45, 2.75) is 45.3 Å². The summed E-state index contributed by atoms with van der Waals surface area (Å²) in [6, 6.07) is -0.462. The van der Waals surface area contributed by atoms with Crippen LogP contribution in [0.15, 0.2) is 0 Å². The lowest BCUT2D eigenvalue weighted by Gasteiger charge is -2.21. The summed E-state index contributed by atoms with van der Waals surface area (Å²) in [6.07, 6.45) is 4.04. The van der Waals surface area contributed by atoms with Gasteiger partial charge < -0.3 is 16.2 Å². The molecule has 102 valence electrons. The lowest BCUT2D eigenvalue weighted by Crippen LogP contribution is -2.45. The van der Waals surface area contributed by atoms with Gasteiger partial charge in [0.2, 0.25) is 5.91 Å². The Morgan fingerprint density at radius 1 is 1.41 bits per heavy atom. The highest BCUT2D eigenvalue weighted by Crippen LogP contribution is 2.12. The first-order chi connectivity index (χ1) is 8.06. The summed E-state index contributed by atoms with van der Waals surface area (Å²) in [6.45, 7) is 4.39. The van der Waals surface area contributed by atoms with Crippen molar-refractivity contribution in [3.63, 3.8) is 0 Å². The Morgan fingerprint density at radius 2 is 2.00 bits per heavy atom. The summed E-state index contributed by atoms with van der Waals surface area (Å²) >= 11 is 1.67. The second-order valence-corrected chi connectivity index (χ2v) is 5.26. The normalized spacial score (nSPS) is 14.7. The summed E-state index contributed by atoms with van der Waals surface area (Å²) in [5.41, 5.74) is 5.72. The number of nitrogens with two attached hydrogens (primary N) is 1. The summed E-state index contributed by atoms with van der Waals surface area (Å²) in [5.74, 6) is 0.964. The minimum atomic E-state index is -0.471. The number of aliphatic hydroxyl groups excluding tert-OH is 1. The van der Waals surface area contributed by atoms with E-state index in [1.54, 1.807) is 11.8 Å². The molecule has 0 radical (unpaired) electrons. The third-order valence-electron chi connectivity index (χ3n) is 3.05. The molecule has 2 atom stereocenters. The predicted molar refractivity (Wildman–Crippen MR) is 74.1 cm³/mol. The van der Waals surface area contributed by atoms with Gasteiger partial charge in [-0.1, -0.05) is 26.7 Å². The second kappa shape index (κ2) is 9.74. The molecule has 0 aliphatic rings. The maximum atomic E-state index is 11.6. The van der Waals surface area contributed by atoms with Gasteiger partial charge in [0, 0.05) is 6.54 Å². The summed E-state index contributed by atoms with van der Waals surface area (Å²) in [5, 5.41) is 12.6. The number of thioether (sulfide) groups is 1. The molecule has 0 spiro atoms. The Bertz CT molecular complexity index is 211. The van der Waals surface area contributed by atoms with Gasteiger partial charge in [-0.05, 0) is 24.3 Å². The van der Waals surface area contributed by atoms with E-state index in [-0.39, 0.29) is 11.8 Å². The first-order valence-corrected chi connectivity index (χ1v) is 7.66. The van der Waals surface area contributed by atoms with Gasteiger partial charge in [-0.25, -0.2) is 0 Å². The van der Waals surface area contributed by atoms with E-state index in [1.165, 1.54) is 0 Å². The van der Waals surface area contributed by atoms with Gasteiger partial charge in [0.1, 0.15) is 0 Å². The Balaban J connectivity index is 3.89. The molecule has 0 heterocycles. The quantitative estimate of drug-likeness (QED) is 0.579. The van der Waals surface area contributed by atoms with E-state index < -0.39 is 12.1 Å². The fourth-order valence-electron chi connectivity index (χ4n) is 1.71. The van der Waals surface area contributed by atoms with Gasteiger partial charge in [-0.2, -0.15) is 11.8 Å². The molecule has 0 aromatic heterocycles. The second-order valence-electron chi connectivity index (χ2n) is 4.28. The molecule has 0 fully saturated rings.